The zero-order chi connectivity index (χ0) is 16.6. The van der Waals surface area contributed by atoms with Crippen LogP contribution in [-0.4, -0.2) is 20.5 Å². The normalized spacial score (nSPS) is 18.6. The first-order valence-electron chi connectivity index (χ1n) is 6.51. The van der Waals surface area contributed by atoms with Crippen LogP contribution in [0.25, 0.3) is 0 Å². The molecule has 23 heavy (non-hydrogen) atoms. The summed E-state index contributed by atoms with van der Waals surface area (Å²) in [6, 6.07) is 8.70. The lowest BCUT2D eigenvalue weighted by atomic mass is 10.2. The molecule has 0 spiro atoms. The molecule has 3 rings (SSSR count). The van der Waals surface area contributed by atoms with E-state index in [1.165, 1.54) is 12.1 Å². The number of amides is 1. The minimum atomic E-state index is -3.87. The van der Waals surface area contributed by atoms with Gasteiger partial charge in [-0.25, -0.2) is 17.2 Å². The zero-order valence-electron chi connectivity index (χ0n) is 11.5. The number of hydrogen-bond acceptors (Lipinski definition) is 4. The summed E-state index contributed by atoms with van der Waals surface area (Å²) in [5, 5.41) is 4.91. The fraction of sp³-hybridized carbons (Fsp3) is 0.0714. The third-order valence-corrected chi connectivity index (χ3v) is 4.68. The molecule has 0 aliphatic carbocycles. The minimum Gasteiger partial charge on any atom is -0.360 e. The quantitative estimate of drug-likeness (QED) is 0.776. The molecule has 0 radical (unpaired) electrons. The predicted molar refractivity (Wildman–Crippen MR) is 79.2 cm³/mol. The molecule has 1 atom stereocenters. The number of rotatable bonds is 2. The van der Waals surface area contributed by atoms with E-state index in [1.54, 1.807) is 12.1 Å². The van der Waals surface area contributed by atoms with Gasteiger partial charge in [0, 0.05) is 6.07 Å². The van der Waals surface area contributed by atoms with Crippen LogP contribution in [0.4, 0.5) is 20.2 Å². The molecule has 0 fully saturated rings. The average Bonchev–Trinajstić information content (AvgIpc) is 2.49. The van der Waals surface area contributed by atoms with Crippen LogP contribution in [0.3, 0.4) is 0 Å². The van der Waals surface area contributed by atoms with Gasteiger partial charge < -0.3 is 10.6 Å². The van der Waals surface area contributed by atoms with Gasteiger partial charge in [0.1, 0.15) is 16.5 Å². The van der Waals surface area contributed by atoms with Crippen molar-refractivity contribution in [2.75, 3.05) is 10.6 Å². The number of hydrogen-bond donors (Lipinski definition) is 3. The van der Waals surface area contributed by atoms with Gasteiger partial charge in [0.25, 0.3) is 5.91 Å². The summed E-state index contributed by atoms with van der Waals surface area (Å²) >= 11 is 0. The zero-order valence-corrected chi connectivity index (χ0v) is 12.3. The molecule has 1 heterocycles. The van der Waals surface area contributed by atoms with Gasteiger partial charge in [0.05, 0.1) is 11.4 Å². The van der Waals surface area contributed by atoms with E-state index < -0.39 is 33.7 Å². The lowest BCUT2D eigenvalue weighted by molar-refractivity contribution is -0.117. The summed E-state index contributed by atoms with van der Waals surface area (Å²) in [4.78, 5) is 12.2. The van der Waals surface area contributed by atoms with E-state index in [4.69, 9.17) is 0 Å². The minimum absolute atomic E-state index is 0.0111. The Labute approximate surface area is 130 Å². The van der Waals surface area contributed by atoms with Crippen LogP contribution in [0.15, 0.2) is 47.4 Å². The summed E-state index contributed by atoms with van der Waals surface area (Å²) in [6.07, 6.45) is -1.32. The highest BCUT2D eigenvalue weighted by Gasteiger charge is 2.33. The highest BCUT2D eigenvalue weighted by Crippen LogP contribution is 2.25. The number of halogens is 2. The number of anilines is 2. The van der Waals surface area contributed by atoms with Crippen molar-refractivity contribution in [1.29, 1.82) is 0 Å². The van der Waals surface area contributed by atoms with Crippen molar-refractivity contribution in [3.63, 3.8) is 0 Å². The molecule has 1 amide bonds. The number of sulfonamides is 1. The van der Waals surface area contributed by atoms with Crippen LogP contribution in [0.1, 0.15) is 0 Å². The first-order chi connectivity index (χ1) is 10.9. The molecule has 6 nitrogen and oxygen atoms in total. The second-order valence-electron chi connectivity index (χ2n) is 4.81. The van der Waals surface area contributed by atoms with Gasteiger partial charge in [-0.15, -0.1) is 0 Å². The molecule has 2 aromatic carbocycles. The maximum atomic E-state index is 13.6. The maximum absolute atomic E-state index is 13.6. The average molecular weight is 339 g/mol. The number of nitrogens with one attached hydrogen (secondary N) is 3. The van der Waals surface area contributed by atoms with E-state index in [2.05, 4.69) is 15.4 Å². The second kappa shape index (κ2) is 5.60. The Balaban J connectivity index is 1.84. The predicted octanol–water partition coefficient (Wildman–Crippen LogP) is 1.63. The smallest absolute Gasteiger partial charge is 0.262 e. The van der Waals surface area contributed by atoms with Gasteiger partial charge in [-0.05, 0) is 24.3 Å². The molecule has 0 bridgehead atoms. The highest BCUT2D eigenvalue weighted by molar-refractivity contribution is 7.89. The van der Waals surface area contributed by atoms with Gasteiger partial charge in [-0.2, -0.15) is 4.72 Å². The maximum Gasteiger partial charge on any atom is 0.262 e. The molecule has 0 saturated carbocycles. The Hall–Kier alpha value is -2.52. The standard InChI is InChI=1S/C14H11F2N3O3S/c15-8-5-6-10(9(16)7-8)18-14(20)13-17-11-3-1-2-4-12(11)23(21,22)19-13/h1-7,13,17,19H,(H,18,20). The van der Waals surface area contributed by atoms with E-state index in [1.807, 2.05) is 0 Å². The van der Waals surface area contributed by atoms with Gasteiger partial charge in [0.15, 0.2) is 6.17 Å². The summed E-state index contributed by atoms with van der Waals surface area (Å²) in [7, 11) is -3.87. The van der Waals surface area contributed by atoms with Gasteiger partial charge >= 0.3 is 0 Å². The van der Waals surface area contributed by atoms with E-state index in [0.29, 0.717) is 6.07 Å². The molecule has 1 unspecified atom stereocenters. The van der Waals surface area contributed by atoms with E-state index in [-0.39, 0.29) is 16.3 Å². The Morgan fingerprint density at radius 3 is 2.61 bits per heavy atom. The summed E-state index contributed by atoms with van der Waals surface area (Å²) in [6.45, 7) is 0. The van der Waals surface area contributed by atoms with Gasteiger partial charge in [-0.3, -0.25) is 4.79 Å². The Kier molecular flexibility index (Phi) is 3.74. The third-order valence-electron chi connectivity index (χ3n) is 3.20. The number of fused-ring (bicyclic) bond motifs is 1. The van der Waals surface area contributed by atoms with Crippen molar-refractivity contribution in [2.45, 2.75) is 11.1 Å². The molecule has 9 heteroatoms. The second-order valence-corrected chi connectivity index (χ2v) is 6.49. The molecular weight excluding hydrogens is 328 g/mol. The monoisotopic (exact) mass is 339 g/mol. The van der Waals surface area contributed by atoms with Crippen molar-refractivity contribution in [3.05, 3.63) is 54.1 Å². The van der Waals surface area contributed by atoms with E-state index in [9.17, 15) is 22.0 Å². The summed E-state index contributed by atoms with van der Waals surface area (Å²) in [5.74, 6) is -2.57. The third kappa shape index (κ3) is 3.01. The fourth-order valence-electron chi connectivity index (χ4n) is 2.14. The van der Waals surface area contributed by atoms with Gasteiger partial charge in [-0.1, -0.05) is 12.1 Å². The summed E-state index contributed by atoms with van der Waals surface area (Å²) < 4.78 is 52.8. The first-order valence-corrected chi connectivity index (χ1v) is 7.99. The summed E-state index contributed by atoms with van der Waals surface area (Å²) in [5.41, 5.74) is 0.00207. The largest absolute Gasteiger partial charge is 0.360 e. The van der Waals surface area contributed by atoms with Crippen molar-refractivity contribution in [3.8, 4) is 0 Å². The molecule has 2 aromatic rings. The highest BCUT2D eigenvalue weighted by atomic mass is 32.2. The van der Waals surface area contributed by atoms with Crippen LogP contribution in [0.2, 0.25) is 0 Å². The van der Waals surface area contributed by atoms with Crippen LogP contribution in [0.5, 0.6) is 0 Å². The van der Waals surface area contributed by atoms with Crippen molar-refractivity contribution < 1.29 is 22.0 Å². The molecular formula is C14H11F2N3O3S. The fourth-order valence-corrected chi connectivity index (χ4v) is 3.42. The number of benzene rings is 2. The van der Waals surface area contributed by atoms with Crippen molar-refractivity contribution >= 4 is 27.3 Å². The number of carbonyl (C=O) groups is 1. The SMILES string of the molecule is O=C(Nc1ccc(F)cc1F)C1Nc2ccccc2S(=O)(=O)N1. The molecule has 120 valence electrons. The topological polar surface area (TPSA) is 87.3 Å². The van der Waals surface area contributed by atoms with E-state index in [0.717, 1.165) is 12.1 Å². The van der Waals surface area contributed by atoms with Crippen LogP contribution >= 0.6 is 0 Å². The first kappa shape index (κ1) is 15.4. The molecule has 1 aliphatic rings. The molecule has 1 aliphatic heterocycles. The number of carbonyl (C=O) groups excluding carboxylic acids is 1. The van der Waals surface area contributed by atoms with Crippen molar-refractivity contribution in [2.24, 2.45) is 0 Å². The molecule has 3 N–H and O–H groups in total. The Morgan fingerprint density at radius 2 is 1.87 bits per heavy atom. The molecule has 0 saturated heterocycles. The van der Waals surface area contributed by atoms with Gasteiger partial charge in [0.2, 0.25) is 10.0 Å². The molecule has 0 aromatic heterocycles. The number of para-hydroxylation sites is 1. The van der Waals surface area contributed by atoms with Crippen LogP contribution in [0, 0.1) is 11.6 Å². The van der Waals surface area contributed by atoms with Crippen LogP contribution in [-0.2, 0) is 14.8 Å². The van der Waals surface area contributed by atoms with Crippen molar-refractivity contribution in [1.82, 2.24) is 4.72 Å². The van der Waals surface area contributed by atoms with Crippen LogP contribution < -0.4 is 15.4 Å². The lowest BCUT2D eigenvalue weighted by Crippen LogP contribution is -2.51. The van der Waals surface area contributed by atoms with E-state index >= 15 is 0 Å². The lowest BCUT2D eigenvalue weighted by Gasteiger charge is -2.27. The Bertz CT molecular complexity index is 887. The Morgan fingerprint density at radius 1 is 1.13 bits per heavy atom.